The Morgan fingerprint density at radius 2 is 1.83 bits per heavy atom. The van der Waals surface area contributed by atoms with E-state index in [1.807, 2.05) is 0 Å². The highest BCUT2D eigenvalue weighted by Gasteiger charge is 2.53. The summed E-state index contributed by atoms with van der Waals surface area (Å²) in [6.07, 6.45) is -0.0866. The zero-order valence-corrected chi connectivity index (χ0v) is 19.2. The van der Waals surface area contributed by atoms with Crippen LogP contribution in [-0.2, 0) is 28.0 Å². The summed E-state index contributed by atoms with van der Waals surface area (Å²) in [6, 6.07) is 16.3. The first-order valence-electron chi connectivity index (χ1n) is 11.1. The molecule has 1 amide bonds. The van der Waals surface area contributed by atoms with Crippen LogP contribution < -0.4 is 5.32 Å². The molecule has 0 aromatic heterocycles. The number of anilines is 1. The quantitative estimate of drug-likeness (QED) is 0.428. The van der Waals surface area contributed by atoms with Crippen molar-refractivity contribution in [2.75, 3.05) is 5.32 Å². The average molecular weight is 481 g/mol. The number of phenolic OH excluding ortho intramolecular Hbond substituents is 1. The van der Waals surface area contributed by atoms with Crippen LogP contribution in [0.2, 0.25) is 0 Å². The number of aromatic hydroxyl groups is 1. The Balaban J connectivity index is 1.70. The van der Waals surface area contributed by atoms with E-state index in [1.54, 1.807) is 30.3 Å². The van der Waals surface area contributed by atoms with Crippen molar-refractivity contribution in [3.05, 3.63) is 94.8 Å². The van der Waals surface area contributed by atoms with E-state index in [0.717, 1.165) is 18.2 Å². The van der Waals surface area contributed by atoms with Gasteiger partial charge in [0.2, 0.25) is 0 Å². The molecule has 3 aromatic rings. The topological polar surface area (TPSA) is 95.9 Å². The smallest absolute Gasteiger partial charge is 0.338 e. The van der Waals surface area contributed by atoms with Gasteiger partial charge in [0.25, 0.3) is 11.8 Å². The van der Waals surface area contributed by atoms with Gasteiger partial charge in [0.1, 0.15) is 18.2 Å². The van der Waals surface area contributed by atoms with Crippen LogP contribution in [0.25, 0.3) is 0 Å². The molecule has 2 unspecified atom stereocenters. The first kappa shape index (κ1) is 24.3. The maximum Gasteiger partial charge on any atom is 0.338 e. The van der Waals surface area contributed by atoms with Crippen molar-refractivity contribution in [1.29, 1.82) is 0 Å². The molecule has 0 saturated carbocycles. The Morgan fingerprint density at radius 3 is 2.54 bits per heavy atom. The van der Waals surface area contributed by atoms with Crippen LogP contribution in [0.15, 0.2) is 66.7 Å². The number of hydrogen-bond donors (Lipinski definition) is 3. The fourth-order valence-electron chi connectivity index (χ4n) is 4.52. The first-order valence-corrected chi connectivity index (χ1v) is 11.1. The molecule has 0 radical (unpaired) electrons. The van der Waals surface area contributed by atoms with Gasteiger partial charge < -0.3 is 20.3 Å². The molecule has 182 valence electrons. The van der Waals surface area contributed by atoms with Gasteiger partial charge in [-0.2, -0.15) is 0 Å². The summed E-state index contributed by atoms with van der Waals surface area (Å²) < 4.78 is 35.2. The predicted octanol–water partition coefficient (Wildman–Crippen LogP) is 4.64. The standard InChI is InChI=1S/C27H25F2NO5/c1-26(2,21-14-18(28)8-11-22(21)31)23(12-16-6-4-3-5-7-16)27(29,34)25(33)30-19-9-10-20-17(13-19)15-35-24(20)32/h3-11,13-14,23,31,34H,12,15H2,1-2H3,(H,30,33). The van der Waals surface area contributed by atoms with E-state index in [2.05, 4.69) is 5.32 Å². The third-order valence-corrected chi connectivity index (χ3v) is 6.53. The second-order valence-corrected chi connectivity index (χ2v) is 9.20. The zero-order valence-electron chi connectivity index (χ0n) is 19.2. The number of hydrogen-bond acceptors (Lipinski definition) is 5. The number of phenols is 1. The van der Waals surface area contributed by atoms with E-state index in [0.29, 0.717) is 16.7 Å². The summed E-state index contributed by atoms with van der Waals surface area (Å²) in [6.45, 7) is 3.09. The number of halogens is 2. The molecule has 8 heteroatoms. The number of carbonyl (C=O) groups excluding carboxylic acids is 2. The van der Waals surface area contributed by atoms with Gasteiger partial charge in [-0.3, -0.25) is 4.79 Å². The highest BCUT2D eigenvalue weighted by molar-refractivity contribution is 5.98. The summed E-state index contributed by atoms with van der Waals surface area (Å²) in [5.74, 6) is -7.60. The minimum atomic E-state index is -3.43. The molecule has 3 aromatic carbocycles. The number of esters is 1. The molecular formula is C27H25F2NO5. The molecule has 2 atom stereocenters. The maximum atomic E-state index is 16.2. The Kier molecular flexibility index (Phi) is 6.34. The number of alkyl halides is 1. The molecule has 4 rings (SSSR count). The van der Waals surface area contributed by atoms with Crippen molar-refractivity contribution in [3.63, 3.8) is 0 Å². The summed E-state index contributed by atoms with van der Waals surface area (Å²) >= 11 is 0. The van der Waals surface area contributed by atoms with Crippen LogP contribution in [-0.4, -0.2) is 27.9 Å². The Labute approximate surface area is 201 Å². The van der Waals surface area contributed by atoms with Crippen LogP contribution in [0, 0.1) is 11.7 Å². The highest BCUT2D eigenvalue weighted by atomic mass is 19.2. The van der Waals surface area contributed by atoms with Crippen molar-refractivity contribution < 1.29 is 33.3 Å². The summed E-state index contributed by atoms with van der Waals surface area (Å²) in [4.78, 5) is 24.8. The van der Waals surface area contributed by atoms with Gasteiger partial charge in [0, 0.05) is 28.1 Å². The predicted molar refractivity (Wildman–Crippen MR) is 125 cm³/mol. The number of carbonyl (C=O) groups is 2. The number of aliphatic hydroxyl groups is 1. The minimum absolute atomic E-state index is 0.0281. The lowest BCUT2D eigenvalue weighted by Crippen LogP contribution is -2.53. The van der Waals surface area contributed by atoms with Crippen molar-refractivity contribution in [1.82, 2.24) is 0 Å². The second-order valence-electron chi connectivity index (χ2n) is 9.20. The SMILES string of the molecule is CC(C)(c1cc(F)ccc1O)C(Cc1ccccc1)C(O)(F)C(=O)Nc1ccc2c(c1)COC2=O. The molecule has 0 spiro atoms. The van der Waals surface area contributed by atoms with E-state index < -0.39 is 34.9 Å². The summed E-state index contributed by atoms with van der Waals surface area (Å²) in [7, 11) is 0. The van der Waals surface area contributed by atoms with E-state index in [9.17, 15) is 24.2 Å². The molecule has 0 aliphatic carbocycles. The molecule has 0 bridgehead atoms. The fourth-order valence-corrected chi connectivity index (χ4v) is 4.52. The lowest BCUT2D eigenvalue weighted by molar-refractivity contribution is -0.176. The number of fused-ring (bicyclic) bond motifs is 1. The van der Waals surface area contributed by atoms with Gasteiger partial charge in [0.05, 0.1) is 5.56 Å². The van der Waals surface area contributed by atoms with Gasteiger partial charge in [-0.15, -0.1) is 0 Å². The number of rotatable bonds is 7. The van der Waals surface area contributed by atoms with E-state index >= 15 is 4.39 Å². The first-order chi connectivity index (χ1) is 16.5. The van der Waals surface area contributed by atoms with Gasteiger partial charge in [-0.1, -0.05) is 44.2 Å². The van der Waals surface area contributed by atoms with E-state index in [1.165, 1.54) is 32.0 Å². The molecular weight excluding hydrogens is 456 g/mol. The Bertz CT molecular complexity index is 1270. The molecule has 1 heterocycles. The van der Waals surface area contributed by atoms with E-state index in [-0.39, 0.29) is 30.0 Å². The van der Waals surface area contributed by atoms with Crippen molar-refractivity contribution in [2.24, 2.45) is 5.92 Å². The number of benzene rings is 3. The monoisotopic (exact) mass is 481 g/mol. The van der Waals surface area contributed by atoms with Gasteiger partial charge >= 0.3 is 5.97 Å². The third-order valence-electron chi connectivity index (χ3n) is 6.53. The normalized spacial score (nSPS) is 15.6. The number of ether oxygens (including phenoxy) is 1. The molecule has 1 aliphatic heterocycles. The van der Waals surface area contributed by atoms with E-state index in [4.69, 9.17) is 4.74 Å². The van der Waals surface area contributed by atoms with Crippen LogP contribution >= 0.6 is 0 Å². The average Bonchev–Trinajstić information content (AvgIpc) is 3.19. The Hall–Kier alpha value is -3.78. The van der Waals surface area contributed by atoms with Crippen LogP contribution in [0.1, 0.15) is 40.9 Å². The van der Waals surface area contributed by atoms with Gasteiger partial charge in [-0.05, 0) is 48.4 Å². The molecule has 1 aliphatic rings. The lowest BCUT2D eigenvalue weighted by atomic mass is 9.67. The van der Waals surface area contributed by atoms with Crippen molar-refractivity contribution in [2.45, 2.75) is 38.1 Å². The molecule has 3 N–H and O–H groups in total. The third kappa shape index (κ3) is 4.74. The maximum absolute atomic E-state index is 16.2. The largest absolute Gasteiger partial charge is 0.508 e. The number of amides is 1. The second kappa shape index (κ2) is 9.11. The number of nitrogens with one attached hydrogen (secondary N) is 1. The minimum Gasteiger partial charge on any atom is -0.508 e. The van der Waals surface area contributed by atoms with Crippen molar-refractivity contribution >= 4 is 17.6 Å². The molecule has 0 fully saturated rings. The van der Waals surface area contributed by atoms with Crippen molar-refractivity contribution in [3.8, 4) is 5.75 Å². The number of cyclic esters (lactones) is 1. The lowest BCUT2D eigenvalue weighted by Gasteiger charge is -2.40. The van der Waals surface area contributed by atoms with Crippen LogP contribution in [0.3, 0.4) is 0 Å². The zero-order chi connectivity index (χ0) is 25.4. The Morgan fingerprint density at radius 1 is 1.11 bits per heavy atom. The fraction of sp³-hybridized carbons (Fsp3) is 0.259. The molecule has 35 heavy (non-hydrogen) atoms. The van der Waals surface area contributed by atoms with Gasteiger partial charge in [0.15, 0.2) is 0 Å². The summed E-state index contributed by atoms with van der Waals surface area (Å²) in [5, 5.41) is 23.8. The summed E-state index contributed by atoms with van der Waals surface area (Å²) in [5.41, 5.74) is 0.354. The molecule has 6 nitrogen and oxygen atoms in total. The van der Waals surface area contributed by atoms with Crippen LogP contribution in [0.5, 0.6) is 5.75 Å². The molecule has 0 saturated heterocycles. The highest BCUT2D eigenvalue weighted by Crippen LogP contribution is 2.45. The van der Waals surface area contributed by atoms with Gasteiger partial charge in [-0.25, -0.2) is 13.6 Å². The van der Waals surface area contributed by atoms with Crippen LogP contribution in [0.4, 0.5) is 14.5 Å².